The fraction of sp³-hybridized carbons (Fsp3) is 0.125. The van der Waals surface area contributed by atoms with Crippen molar-refractivity contribution in [3.05, 3.63) is 56.5 Å². The summed E-state index contributed by atoms with van der Waals surface area (Å²) in [6, 6.07) is 13.1. The lowest BCUT2D eigenvalue weighted by Gasteiger charge is -2.11. The summed E-state index contributed by atoms with van der Waals surface area (Å²) in [4.78, 5) is 0. The van der Waals surface area contributed by atoms with Gasteiger partial charge in [-0.1, -0.05) is 47.5 Å². The Bertz CT molecular complexity index is 710. The Kier molecular flexibility index (Phi) is 2.95. The summed E-state index contributed by atoms with van der Waals surface area (Å²) < 4.78 is 2.36. The van der Waals surface area contributed by atoms with Crippen LogP contribution >= 0.6 is 31.9 Å². The van der Waals surface area contributed by atoms with Crippen LogP contribution in [0.25, 0.3) is 21.5 Å². The van der Waals surface area contributed by atoms with E-state index in [1.807, 2.05) is 0 Å². The molecule has 3 aromatic rings. The zero-order valence-corrected chi connectivity index (χ0v) is 13.4. The summed E-state index contributed by atoms with van der Waals surface area (Å²) in [7, 11) is 0. The van der Waals surface area contributed by atoms with E-state index in [0.29, 0.717) is 0 Å². The molecule has 3 aromatic carbocycles. The quantitative estimate of drug-likeness (QED) is 0.421. The molecule has 0 radical (unpaired) electrons. The molecule has 0 amide bonds. The van der Waals surface area contributed by atoms with E-state index in [0.717, 1.165) is 0 Å². The molecule has 0 aliphatic rings. The van der Waals surface area contributed by atoms with Gasteiger partial charge in [-0.25, -0.2) is 0 Å². The molecule has 0 N–H and O–H groups in total. The molecule has 0 spiro atoms. The second-order valence-electron chi connectivity index (χ2n) is 4.73. The van der Waals surface area contributed by atoms with Gasteiger partial charge < -0.3 is 0 Å². The minimum atomic E-state index is 1.18. The molecular weight excluding hydrogens is 352 g/mol. The van der Waals surface area contributed by atoms with E-state index >= 15 is 0 Å². The summed E-state index contributed by atoms with van der Waals surface area (Å²) in [5, 5.41) is 5.03. The van der Waals surface area contributed by atoms with Crippen molar-refractivity contribution in [3.8, 4) is 0 Å². The Morgan fingerprint density at radius 3 is 1.44 bits per heavy atom. The first-order valence-electron chi connectivity index (χ1n) is 5.85. The van der Waals surface area contributed by atoms with Crippen molar-refractivity contribution in [1.82, 2.24) is 0 Å². The Morgan fingerprint density at radius 2 is 1.00 bits per heavy atom. The van der Waals surface area contributed by atoms with Crippen LogP contribution in [0.2, 0.25) is 0 Å². The van der Waals surface area contributed by atoms with E-state index < -0.39 is 0 Å². The highest BCUT2D eigenvalue weighted by Gasteiger charge is 2.10. The third-order valence-electron chi connectivity index (χ3n) is 3.30. The van der Waals surface area contributed by atoms with E-state index in [2.05, 4.69) is 82.1 Å². The lowest BCUT2D eigenvalue weighted by Crippen LogP contribution is -1.85. The molecule has 0 nitrogen and oxygen atoms in total. The maximum absolute atomic E-state index is 3.76. The largest absolute Gasteiger partial charge is 0.0586 e. The van der Waals surface area contributed by atoms with Gasteiger partial charge in [-0.3, -0.25) is 0 Å². The smallest absolute Gasteiger partial charge is 0.0333 e. The topological polar surface area (TPSA) is 0 Å². The van der Waals surface area contributed by atoms with Crippen LogP contribution in [0, 0.1) is 13.8 Å². The summed E-state index contributed by atoms with van der Waals surface area (Å²) >= 11 is 7.51. The number of hydrogen-bond acceptors (Lipinski definition) is 0. The zero-order valence-electron chi connectivity index (χ0n) is 10.2. The highest BCUT2D eigenvalue weighted by atomic mass is 79.9. The first-order valence-corrected chi connectivity index (χ1v) is 7.44. The molecule has 90 valence electrons. The molecule has 0 aromatic heterocycles. The number of rotatable bonds is 0. The van der Waals surface area contributed by atoms with Crippen molar-refractivity contribution in [3.63, 3.8) is 0 Å². The lowest BCUT2D eigenvalue weighted by molar-refractivity contribution is 1.49. The van der Waals surface area contributed by atoms with Crippen LogP contribution in [0.15, 0.2) is 45.3 Å². The van der Waals surface area contributed by atoms with Gasteiger partial charge in [0.25, 0.3) is 0 Å². The van der Waals surface area contributed by atoms with Crippen molar-refractivity contribution < 1.29 is 0 Å². The van der Waals surface area contributed by atoms with Crippen LogP contribution in [-0.2, 0) is 0 Å². The molecule has 0 atom stereocenters. The van der Waals surface area contributed by atoms with E-state index in [-0.39, 0.29) is 0 Å². The Labute approximate surface area is 123 Å². The molecule has 0 bridgehead atoms. The summed E-state index contributed by atoms with van der Waals surface area (Å²) in [5.74, 6) is 0. The van der Waals surface area contributed by atoms with Gasteiger partial charge in [-0.15, -0.1) is 0 Å². The highest BCUT2D eigenvalue weighted by molar-refractivity contribution is 9.11. The normalized spacial score (nSPS) is 11.3. The SMILES string of the molecule is Cc1ccc2c(Br)c3ccc(C)cc3c(Br)c2c1. The van der Waals surface area contributed by atoms with Crippen LogP contribution in [0.1, 0.15) is 11.1 Å². The standard InChI is InChI=1S/C16H12Br2/c1-9-3-5-11-13(7-9)16(18)14-8-10(2)4-6-12(14)15(11)17/h3-8H,1-2H3. The van der Waals surface area contributed by atoms with Gasteiger partial charge in [0, 0.05) is 8.95 Å². The first-order chi connectivity index (χ1) is 8.58. The number of aryl methyl sites for hydroxylation is 2. The Hall–Kier alpha value is -0.860. The van der Waals surface area contributed by atoms with Gasteiger partial charge in [0.15, 0.2) is 0 Å². The predicted molar refractivity (Wildman–Crippen MR) is 86.3 cm³/mol. The van der Waals surface area contributed by atoms with Gasteiger partial charge >= 0.3 is 0 Å². The first kappa shape index (κ1) is 12.2. The molecule has 0 heterocycles. The summed E-state index contributed by atoms with van der Waals surface area (Å²) in [6.07, 6.45) is 0. The van der Waals surface area contributed by atoms with Crippen molar-refractivity contribution in [2.45, 2.75) is 13.8 Å². The minimum Gasteiger partial charge on any atom is -0.0586 e. The molecule has 0 aliphatic heterocycles. The van der Waals surface area contributed by atoms with Crippen LogP contribution in [0.4, 0.5) is 0 Å². The van der Waals surface area contributed by atoms with Gasteiger partial charge in [-0.05, 0) is 67.3 Å². The average molecular weight is 364 g/mol. The Morgan fingerprint density at radius 1 is 0.611 bits per heavy atom. The van der Waals surface area contributed by atoms with Gasteiger partial charge in [0.2, 0.25) is 0 Å². The van der Waals surface area contributed by atoms with E-state index in [9.17, 15) is 0 Å². The molecule has 0 saturated heterocycles. The third kappa shape index (κ3) is 1.79. The summed E-state index contributed by atoms with van der Waals surface area (Å²) in [5.41, 5.74) is 2.56. The number of benzene rings is 3. The molecule has 18 heavy (non-hydrogen) atoms. The minimum absolute atomic E-state index is 1.18. The van der Waals surface area contributed by atoms with Gasteiger partial charge in [-0.2, -0.15) is 0 Å². The summed E-state index contributed by atoms with van der Waals surface area (Å²) in [6.45, 7) is 4.25. The molecule has 0 fully saturated rings. The van der Waals surface area contributed by atoms with Crippen molar-refractivity contribution >= 4 is 53.4 Å². The zero-order chi connectivity index (χ0) is 12.9. The maximum atomic E-state index is 3.76. The Balaban J connectivity index is 2.61. The van der Waals surface area contributed by atoms with Crippen LogP contribution in [0.5, 0.6) is 0 Å². The second kappa shape index (κ2) is 4.36. The highest BCUT2D eigenvalue weighted by Crippen LogP contribution is 2.39. The average Bonchev–Trinajstić information content (AvgIpc) is 2.35. The molecule has 0 unspecified atom stereocenters. The van der Waals surface area contributed by atoms with Crippen LogP contribution in [0.3, 0.4) is 0 Å². The monoisotopic (exact) mass is 362 g/mol. The van der Waals surface area contributed by atoms with E-state index in [1.165, 1.54) is 41.6 Å². The fourth-order valence-electron chi connectivity index (χ4n) is 2.35. The molecular formula is C16H12Br2. The number of fused-ring (bicyclic) bond motifs is 2. The molecule has 2 heteroatoms. The van der Waals surface area contributed by atoms with Crippen molar-refractivity contribution in [1.29, 1.82) is 0 Å². The van der Waals surface area contributed by atoms with Crippen molar-refractivity contribution in [2.75, 3.05) is 0 Å². The van der Waals surface area contributed by atoms with Crippen molar-refractivity contribution in [2.24, 2.45) is 0 Å². The second-order valence-corrected chi connectivity index (χ2v) is 6.31. The molecule has 0 aliphatic carbocycles. The predicted octanol–water partition coefficient (Wildman–Crippen LogP) is 6.13. The molecule has 0 saturated carbocycles. The van der Waals surface area contributed by atoms with Crippen LogP contribution in [-0.4, -0.2) is 0 Å². The van der Waals surface area contributed by atoms with E-state index in [1.54, 1.807) is 0 Å². The van der Waals surface area contributed by atoms with Gasteiger partial charge in [0.1, 0.15) is 0 Å². The molecule has 3 rings (SSSR count). The fourth-order valence-corrected chi connectivity index (χ4v) is 3.70. The van der Waals surface area contributed by atoms with Gasteiger partial charge in [0.05, 0.1) is 0 Å². The number of hydrogen-bond donors (Lipinski definition) is 0. The maximum Gasteiger partial charge on any atom is 0.0333 e. The lowest BCUT2D eigenvalue weighted by atomic mass is 10.0. The van der Waals surface area contributed by atoms with Crippen LogP contribution < -0.4 is 0 Å². The van der Waals surface area contributed by atoms with E-state index in [4.69, 9.17) is 0 Å². The third-order valence-corrected chi connectivity index (χ3v) is 5.00. The number of halogens is 2.